The predicted molar refractivity (Wildman–Crippen MR) is 93.6 cm³/mol. The first kappa shape index (κ1) is 18.0. The van der Waals surface area contributed by atoms with Crippen molar-refractivity contribution in [1.29, 1.82) is 0 Å². The average Bonchev–Trinajstić information content (AvgIpc) is 2.54. The molecule has 6 nitrogen and oxygen atoms in total. The lowest BCUT2D eigenvalue weighted by molar-refractivity contribution is 0.134. The van der Waals surface area contributed by atoms with Crippen molar-refractivity contribution < 1.29 is 17.6 Å². The Hall–Kier alpha value is -1.83. The van der Waals surface area contributed by atoms with Crippen LogP contribution in [0.5, 0.6) is 5.75 Å². The van der Waals surface area contributed by atoms with Crippen LogP contribution in [-0.2, 0) is 10.0 Å². The van der Waals surface area contributed by atoms with Crippen LogP contribution in [0.15, 0.2) is 50.5 Å². The Morgan fingerprint density at radius 1 is 1.20 bits per heavy atom. The van der Waals surface area contributed by atoms with E-state index >= 15 is 0 Å². The van der Waals surface area contributed by atoms with Crippen molar-refractivity contribution in [3.63, 3.8) is 0 Å². The molecule has 1 aliphatic rings. The first-order valence-corrected chi connectivity index (χ1v) is 9.71. The van der Waals surface area contributed by atoms with Gasteiger partial charge in [0.1, 0.15) is 22.5 Å². The zero-order chi connectivity index (χ0) is 18.0. The van der Waals surface area contributed by atoms with Crippen LogP contribution in [0.1, 0.15) is 18.6 Å². The number of halogens is 1. The highest BCUT2D eigenvalue weighted by Crippen LogP contribution is 2.27. The lowest BCUT2D eigenvalue weighted by Gasteiger charge is -2.31. The standard InChI is InChI=1S/C17H18ClNO5S/c1-12-10-14(11-17(20)23-12)24-13-6-8-19(9-7-13)25(21,22)16-5-3-2-4-15(16)18/h2-5,10-11,13H,6-9H2,1H3. The summed E-state index contributed by atoms with van der Waals surface area (Å²) in [7, 11) is -3.62. The van der Waals surface area contributed by atoms with E-state index in [1.165, 1.54) is 16.4 Å². The summed E-state index contributed by atoms with van der Waals surface area (Å²) >= 11 is 6.02. The summed E-state index contributed by atoms with van der Waals surface area (Å²) in [6, 6.07) is 9.35. The van der Waals surface area contributed by atoms with Gasteiger partial charge in [-0.05, 0) is 31.9 Å². The third kappa shape index (κ3) is 4.05. The fourth-order valence-electron chi connectivity index (χ4n) is 2.82. The maximum Gasteiger partial charge on any atom is 0.339 e. The van der Waals surface area contributed by atoms with E-state index < -0.39 is 15.6 Å². The molecule has 1 saturated heterocycles. The number of aryl methyl sites for hydroxylation is 1. The van der Waals surface area contributed by atoms with Gasteiger partial charge in [-0.3, -0.25) is 0 Å². The van der Waals surface area contributed by atoms with Crippen molar-refractivity contribution in [3.8, 4) is 5.75 Å². The smallest absolute Gasteiger partial charge is 0.339 e. The van der Waals surface area contributed by atoms with Gasteiger partial charge in [-0.25, -0.2) is 13.2 Å². The molecule has 0 N–H and O–H groups in total. The van der Waals surface area contributed by atoms with Crippen LogP contribution in [0.2, 0.25) is 5.02 Å². The third-order valence-corrected chi connectivity index (χ3v) is 6.42. The van der Waals surface area contributed by atoms with Gasteiger partial charge < -0.3 is 9.15 Å². The average molecular weight is 384 g/mol. The quantitative estimate of drug-likeness (QED) is 0.811. The Labute approximate surface area is 151 Å². The molecule has 2 heterocycles. The number of piperidine rings is 1. The summed E-state index contributed by atoms with van der Waals surface area (Å²) in [5, 5.41) is 0.215. The maximum absolute atomic E-state index is 12.7. The highest BCUT2D eigenvalue weighted by Gasteiger charge is 2.31. The second-order valence-electron chi connectivity index (χ2n) is 5.87. The number of hydrogen-bond donors (Lipinski definition) is 0. The topological polar surface area (TPSA) is 76.8 Å². The minimum Gasteiger partial charge on any atom is -0.490 e. The van der Waals surface area contributed by atoms with Crippen LogP contribution in [0, 0.1) is 6.92 Å². The molecule has 0 amide bonds. The van der Waals surface area contributed by atoms with Crippen molar-refractivity contribution in [2.24, 2.45) is 0 Å². The van der Waals surface area contributed by atoms with Gasteiger partial charge in [-0.15, -0.1) is 0 Å². The molecular formula is C17H18ClNO5S. The molecule has 8 heteroatoms. The molecule has 0 bridgehead atoms. The zero-order valence-corrected chi connectivity index (χ0v) is 15.2. The first-order valence-electron chi connectivity index (χ1n) is 7.89. The summed E-state index contributed by atoms with van der Waals surface area (Å²) < 4.78 is 37.5. The summed E-state index contributed by atoms with van der Waals surface area (Å²) in [5.74, 6) is 0.919. The molecule has 0 saturated carbocycles. The van der Waals surface area contributed by atoms with E-state index in [2.05, 4.69) is 0 Å². The molecular weight excluding hydrogens is 366 g/mol. The van der Waals surface area contributed by atoms with Gasteiger partial charge in [0.25, 0.3) is 0 Å². The normalized spacial score (nSPS) is 16.7. The highest BCUT2D eigenvalue weighted by molar-refractivity contribution is 7.89. The number of benzene rings is 1. The van der Waals surface area contributed by atoms with Gasteiger partial charge in [0.05, 0.1) is 11.1 Å². The Kier molecular flexibility index (Phi) is 5.17. The van der Waals surface area contributed by atoms with Gasteiger partial charge in [-0.1, -0.05) is 23.7 Å². The molecule has 1 aromatic carbocycles. The van der Waals surface area contributed by atoms with Gasteiger partial charge in [-0.2, -0.15) is 4.31 Å². The third-order valence-electron chi connectivity index (χ3n) is 4.03. The molecule has 3 rings (SSSR count). The Bertz CT molecular complexity index is 917. The van der Waals surface area contributed by atoms with E-state index in [1.54, 1.807) is 31.2 Å². The molecule has 1 aromatic heterocycles. The molecule has 0 unspecified atom stereocenters. The SMILES string of the molecule is Cc1cc(OC2CCN(S(=O)(=O)c3ccccc3Cl)CC2)cc(=O)o1. The monoisotopic (exact) mass is 383 g/mol. The van der Waals surface area contributed by atoms with Crippen molar-refractivity contribution in [2.45, 2.75) is 30.8 Å². The summed E-state index contributed by atoms with van der Waals surface area (Å²) in [4.78, 5) is 11.5. The van der Waals surface area contributed by atoms with Crippen LogP contribution < -0.4 is 10.4 Å². The second-order valence-corrected chi connectivity index (χ2v) is 8.19. The Balaban J connectivity index is 1.67. The fraction of sp³-hybridized carbons (Fsp3) is 0.353. The molecule has 25 heavy (non-hydrogen) atoms. The van der Waals surface area contributed by atoms with Gasteiger partial charge >= 0.3 is 5.63 Å². The summed E-state index contributed by atoms with van der Waals surface area (Å²) in [6.45, 7) is 2.34. The van der Waals surface area contributed by atoms with Crippen LogP contribution in [0.4, 0.5) is 0 Å². The molecule has 0 spiro atoms. The summed E-state index contributed by atoms with van der Waals surface area (Å²) in [6.07, 6.45) is 0.908. The van der Waals surface area contributed by atoms with Crippen LogP contribution in [0.3, 0.4) is 0 Å². The summed E-state index contributed by atoms with van der Waals surface area (Å²) in [5.41, 5.74) is -0.464. The number of hydrogen-bond acceptors (Lipinski definition) is 5. The van der Waals surface area contributed by atoms with Gasteiger partial charge in [0.15, 0.2) is 0 Å². The maximum atomic E-state index is 12.7. The Morgan fingerprint density at radius 2 is 1.88 bits per heavy atom. The number of rotatable bonds is 4. The van der Waals surface area contributed by atoms with E-state index in [9.17, 15) is 13.2 Å². The molecule has 0 atom stereocenters. The number of nitrogens with zero attached hydrogens (tertiary/aromatic N) is 1. The van der Waals surface area contributed by atoms with Crippen molar-refractivity contribution in [1.82, 2.24) is 4.31 Å². The highest BCUT2D eigenvalue weighted by atomic mass is 35.5. The van der Waals surface area contributed by atoms with E-state index in [1.807, 2.05) is 0 Å². The van der Waals surface area contributed by atoms with Gasteiger partial charge in [0, 0.05) is 19.2 Å². The minimum absolute atomic E-state index is 0.118. The van der Waals surface area contributed by atoms with E-state index in [-0.39, 0.29) is 16.0 Å². The fourth-order valence-corrected chi connectivity index (χ4v) is 4.78. The molecule has 1 fully saturated rings. The Morgan fingerprint density at radius 3 is 2.52 bits per heavy atom. The predicted octanol–water partition coefficient (Wildman–Crippen LogP) is 2.83. The lowest BCUT2D eigenvalue weighted by atomic mass is 10.1. The van der Waals surface area contributed by atoms with Crippen LogP contribution >= 0.6 is 11.6 Å². The minimum atomic E-state index is -3.62. The van der Waals surface area contributed by atoms with Gasteiger partial charge in [0.2, 0.25) is 10.0 Å². The van der Waals surface area contributed by atoms with E-state index in [4.69, 9.17) is 20.8 Å². The largest absolute Gasteiger partial charge is 0.490 e. The van der Waals surface area contributed by atoms with Crippen molar-refractivity contribution in [2.75, 3.05) is 13.1 Å². The van der Waals surface area contributed by atoms with E-state index in [0.717, 1.165) is 0 Å². The zero-order valence-electron chi connectivity index (χ0n) is 13.6. The van der Waals surface area contributed by atoms with Crippen LogP contribution in [0.25, 0.3) is 0 Å². The van der Waals surface area contributed by atoms with Crippen LogP contribution in [-0.4, -0.2) is 31.9 Å². The van der Waals surface area contributed by atoms with Crippen molar-refractivity contribution >= 4 is 21.6 Å². The van der Waals surface area contributed by atoms with E-state index in [0.29, 0.717) is 37.4 Å². The van der Waals surface area contributed by atoms with Crippen molar-refractivity contribution in [3.05, 3.63) is 57.6 Å². The molecule has 0 aliphatic carbocycles. The lowest BCUT2D eigenvalue weighted by Crippen LogP contribution is -2.41. The second kappa shape index (κ2) is 7.19. The number of ether oxygens (including phenoxy) is 1. The molecule has 2 aromatic rings. The molecule has 1 aliphatic heterocycles. The number of sulfonamides is 1. The molecule has 0 radical (unpaired) electrons. The first-order chi connectivity index (χ1) is 11.9. The molecule has 134 valence electrons.